The van der Waals surface area contributed by atoms with E-state index in [4.69, 9.17) is 10.5 Å². The first-order chi connectivity index (χ1) is 9.65. The van der Waals surface area contributed by atoms with Crippen LogP contribution in [0.15, 0.2) is 24.3 Å². The van der Waals surface area contributed by atoms with Gasteiger partial charge in [0.15, 0.2) is 0 Å². The van der Waals surface area contributed by atoms with Gasteiger partial charge in [-0.25, -0.2) is 0 Å². The number of ether oxygens (including phenoxy) is 1. The van der Waals surface area contributed by atoms with E-state index >= 15 is 0 Å². The minimum absolute atomic E-state index is 0.0146. The molecule has 1 aromatic rings. The fourth-order valence-electron chi connectivity index (χ4n) is 2.01. The van der Waals surface area contributed by atoms with Gasteiger partial charge in [0, 0.05) is 18.7 Å². The van der Waals surface area contributed by atoms with E-state index in [1.165, 1.54) is 0 Å². The van der Waals surface area contributed by atoms with Crippen LogP contribution in [0.3, 0.4) is 0 Å². The smallest absolute Gasteiger partial charge is 0.225 e. The molecule has 0 saturated carbocycles. The summed E-state index contributed by atoms with van der Waals surface area (Å²) in [5.41, 5.74) is 6.26. The standard InChI is InChI=1S/C14H19N3O3/c15-11-2-4-12(5-3-11)20-8-7-16-14(19)10-1-6-13(18)17-9-10/h2-5,10H,1,6-9,15H2,(H,16,19)(H,17,18). The van der Waals surface area contributed by atoms with Crippen molar-refractivity contribution in [3.8, 4) is 5.75 Å². The highest BCUT2D eigenvalue weighted by Gasteiger charge is 2.23. The molecule has 6 heteroatoms. The zero-order valence-electron chi connectivity index (χ0n) is 11.2. The number of anilines is 1. The fourth-order valence-corrected chi connectivity index (χ4v) is 2.01. The summed E-state index contributed by atoms with van der Waals surface area (Å²) in [7, 11) is 0. The van der Waals surface area contributed by atoms with Crippen molar-refractivity contribution < 1.29 is 14.3 Å². The third-order valence-electron chi connectivity index (χ3n) is 3.19. The van der Waals surface area contributed by atoms with Gasteiger partial charge in [0.25, 0.3) is 0 Å². The maximum absolute atomic E-state index is 11.8. The Kier molecular flexibility index (Phi) is 4.81. The molecule has 1 aromatic carbocycles. The molecular formula is C14H19N3O3. The predicted molar refractivity (Wildman–Crippen MR) is 75.1 cm³/mol. The van der Waals surface area contributed by atoms with E-state index in [2.05, 4.69) is 10.6 Å². The van der Waals surface area contributed by atoms with Gasteiger partial charge in [-0.2, -0.15) is 0 Å². The number of hydrogen-bond donors (Lipinski definition) is 3. The van der Waals surface area contributed by atoms with Crippen molar-refractivity contribution in [1.82, 2.24) is 10.6 Å². The largest absolute Gasteiger partial charge is 0.492 e. The Morgan fingerprint density at radius 1 is 1.40 bits per heavy atom. The number of piperidine rings is 1. The summed E-state index contributed by atoms with van der Waals surface area (Å²) < 4.78 is 5.48. The average molecular weight is 277 g/mol. The van der Waals surface area contributed by atoms with Gasteiger partial charge in [-0.1, -0.05) is 0 Å². The average Bonchev–Trinajstić information content (AvgIpc) is 2.46. The lowest BCUT2D eigenvalue weighted by molar-refractivity contribution is -0.129. The Morgan fingerprint density at radius 2 is 2.15 bits per heavy atom. The topological polar surface area (TPSA) is 93.4 Å². The van der Waals surface area contributed by atoms with E-state index in [0.29, 0.717) is 38.2 Å². The van der Waals surface area contributed by atoms with E-state index < -0.39 is 0 Å². The fraction of sp³-hybridized carbons (Fsp3) is 0.429. The van der Waals surface area contributed by atoms with Gasteiger partial charge in [-0.05, 0) is 30.7 Å². The summed E-state index contributed by atoms with van der Waals surface area (Å²) in [4.78, 5) is 22.8. The van der Waals surface area contributed by atoms with Crippen molar-refractivity contribution in [2.75, 3.05) is 25.4 Å². The maximum atomic E-state index is 11.8. The second-order valence-corrected chi connectivity index (χ2v) is 4.75. The minimum Gasteiger partial charge on any atom is -0.492 e. The number of nitrogen functional groups attached to an aromatic ring is 1. The predicted octanol–water partition coefficient (Wildman–Crippen LogP) is 0.290. The third-order valence-corrected chi connectivity index (χ3v) is 3.19. The van der Waals surface area contributed by atoms with Gasteiger partial charge in [-0.3, -0.25) is 9.59 Å². The SMILES string of the molecule is Nc1ccc(OCCNC(=O)C2CCC(=O)NC2)cc1. The Morgan fingerprint density at radius 3 is 2.80 bits per heavy atom. The first-order valence-electron chi connectivity index (χ1n) is 6.68. The van der Waals surface area contributed by atoms with E-state index in [-0.39, 0.29) is 17.7 Å². The summed E-state index contributed by atoms with van der Waals surface area (Å²) in [6.07, 6.45) is 1.02. The number of rotatable bonds is 5. The van der Waals surface area contributed by atoms with E-state index in [1.807, 2.05) is 0 Å². The molecule has 1 unspecified atom stereocenters. The van der Waals surface area contributed by atoms with Crippen molar-refractivity contribution in [1.29, 1.82) is 0 Å². The molecule has 2 amide bonds. The first-order valence-corrected chi connectivity index (χ1v) is 6.68. The number of nitrogens with two attached hydrogens (primary N) is 1. The molecule has 1 aliphatic heterocycles. The van der Waals surface area contributed by atoms with Gasteiger partial charge in [0.05, 0.1) is 12.5 Å². The molecule has 4 N–H and O–H groups in total. The molecule has 1 aliphatic rings. The molecular weight excluding hydrogens is 258 g/mol. The van der Waals surface area contributed by atoms with Crippen molar-refractivity contribution in [2.45, 2.75) is 12.8 Å². The quantitative estimate of drug-likeness (QED) is 0.532. The van der Waals surface area contributed by atoms with Gasteiger partial charge >= 0.3 is 0 Å². The highest BCUT2D eigenvalue weighted by molar-refractivity contribution is 5.83. The van der Waals surface area contributed by atoms with Crippen LogP contribution in [0.1, 0.15) is 12.8 Å². The van der Waals surface area contributed by atoms with Gasteiger partial charge in [0.1, 0.15) is 12.4 Å². The van der Waals surface area contributed by atoms with Crippen molar-refractivity contribution in [3.63, 3.8) is 0 Å². The Labute approximate surface area is 117 Å². The molecule has 6 nitrogen and oxygen atoms in total. The van der Waals surface area contributed by atoms with Crippen LogP contribution in [0.2, 0.25) is 0 Å². The van der Waals surface area contributed by atoms with E-state index in [1.54, 1.807) is 24.3 Å². The molecule has 1 saturated heterocycles. The van der Waals surface area contributed by atoms with Gasteiger partial charge in [0.2, 0.25) is 11.8 Å². The minimum atomic E-state index is -0.135. The lowest BCUT2D eigenvalue weighted by Gasteiger charge is -2.21. The number of hydrogen-bond acceptors (Lipinski definition) is 4. The van der Waals surface area contributed by atoms with E-state index in [0.717, 1.165) is 5.75 Å². The lowest BCUT2D eigenvalue weighted by atomic mass is 9.98. The Bertz CT molecular complexity index is 463. The van der Waals surface area contributed by atoms with Crippen molar-refractivity contribution >= 4 is 17.5 Å². The molecule has 0 aliphatic carbocycles. The lowest BCUT2D eigenvalue weighted by Crippen LogP contribution is -2.43. The molecule has 0 radical (unpaired) electrons. The summed E-state index contributed by atoms with van der Waals surface area (Å²) in [6, 6.07) is 7.10. The van der Waals surface area contributed by atoms with Crippen LogP contribution in [0.25, 0.3) is 0 Å². The monoisotopic (exact) mass is 277 g/mol. The molecule has 108 valence electrons. The molecule has 0 aromatic heterocycles. The molecule has 1 fully saturated rings. The van der Waals surface area contributed by atoms with Crippen LogP contribution >= 0.6 is 0 Å². The number of benzene rings is 1. The highest BCUT2D eigenvalue weighted by Crippen LogP contribution is 2.13. The molecule has 0 spiro atoms. The summed E-state index contributed by atoms with van der Waals surface area (Å²) in [5, 5.41) is 5.50. The Hall–Kier alpha value is -2.24. The van der Waals surface area contributed by atoms with Crippen LogP contribution in [0, 0.1) is 5.92 Å². The molecule has 1 heterocycles. The van der Waals surface area contributed by atoms with Gasteiger partial charge in [-0.15, -0.1) is 0 Å². The molecule has 2 rings (SSSR count). The normalized spacial score (nSPS) is 18.2. The Balaban J connectivity index is 1.64. The van der Waals surface area contributed by atoms with Crippen LogP contribution in [-0.2, 0) is 9.59 Å². The summed E-state index contributed by atoms with van der Waals surface area (Å²) in [6.45, 7) is 1.26. The van der Waals surface area contributed by atoms with Crippen LogP contribution in [0.4, 0.5) is 5.69 Å². The number of carbonyl (C=O) groups is 2. The molecule has 1 atom stereocenters. The molecule has 0 bridgehead atoms. The number of carbonyl (C=O) groups excluding carboxylic acids is 2. The summed E-state index contributed by atoms with van der Waals surface area (Å²) >= 11 is 0. The number of amides is 2. The molecule has 20 heavy (non-hydrogen) atoms. The first kappa shape index (κ1) is 14.2. The second kappa shape index (κ2) is 6.79. The second-order valence-electron chi connectivity index (χ2n) is 4.75. The number of nitrogens with one attached hydrogen (secondary N) is 2. The van der Waals surface area contributed by atoms with Crippen LogP contribution in [-0.4, -0.2) is 31.5 Å². The van der Waals surface area contributed by atoms with E-state index in [9.17, 15) is 9.59 Å². The third kappa shape index (κ3) is 4.15. The highest BCUT2D eigenvalue weighted by atomic mass is 16.5. The van der Waals surface area contributed by atoms with Crippen molar-refractivity contribution in [2.24, 2.45) is 5.92 Å². The van der Waals surface area contributed by atoms with Crippen LogP contribution < -0.4 is 21.1 Å². The maximum Gasteiger partial charge on any atom is 0.225 e. The summed E-state index contributed by atoms with van der Waals surface area (Å²) in [5.74, 6) is 0.564. The zero-order valence-corrected chi connectivity index (χ0v) is 11.2. The van der Waals surface area contributed by atoms with Crippen molar-refractivity contribution in [3.05, 3.63) is 24.3 Å². The van der Waals surface area contributed by atoms with Crippen LogP contribution in [0.5, 0.6) is 5.75 Å². The zero-order chi connectivity index (χ0) is 14.4. The van der Waals surface area contributed by atoms with Gasteiger partial charge < -0.3 is 21.1 Å².